The number of nitrogens with two attached hydrogens (primary N) is 1. The maximum Gasteiger partial charge on any atom is 0.240 e. The maximum atomic E-state index is 12.4. The number of carbonyl (C=O) groups is 1. The molecule has 1 aromatic rings. The zero-order valence-electron chi connectivity index (χ0n) is 12.3. The van der Waals surface area contributed by atoms with Gasteiger partial charge in [0.2, 0.25) is 15.9 Å². The van der Waals surface area contributed by atoms with E-state index in [0.717, 1.165) is 31.2 Å². The number of benzene rings is 1. The fourth-order valence-corrected chi connectivity index (χ4v) is 3.83. The lowest BCUT2D eigenvalue weighted by atomic mass is 10.1. The molecule has 1 atom stereocenters. The van der Waals surface area contributed by atoms with Crippen LogP contribution in [0.2, 0.25) is 0 Å². The topological polar surface area (TPSA) is 89.3 Å². The molecule has 122 valence electrons. The van der Waals surface area contributed by atoms with Crippen LogP contribution in [0.4, 0.5) is 0 Å². The molecule has 7 heteroatoms. The zero-order chi connectivity index (χ0) is 16.2. The SMILES string of the molecule is NC(=O)C[C@H](NS(=O)(=O)c1ccc(CCCCl)cc1)C1CC1. The van der Waals surface area contributed by atoms with Gasteiger partial charge in [0.25, 0.3) is 0 Å². The Hall–Kier alpha value is -1.11. The molecule has 0 heterocycles. The molecule has 0 bridgehead atoms. The van der Waals surface area contributed by atoms with Gasteiger partial charge in [-0.1, -0.05) is 12.1 Å². The normalized spacial score (nSPS) is 16.4. The van der Waals surface area contributed by atoms with Crippen LogP contribution >= 0.6 is 11.6 Å². The Balaban J connectivity index is 2.06. The highest BCUT2D eigenvalue weighted by Crippen LogP contribution is 2.34. The number of rotatable bonds is 9. The number of nitrogens with one attached hydrogen (secondary N) is 1. The molecule has 1 fully saturated rings. The number of alkyl halides is 1. The van der Waals surface area contributed by atoms with Crippen LogP contribution in [0.5, 0.6) is 0 Å². The Kier molecular flexibility index (Phi) is 5.83. The molecule has 0 radical (unpaired) electrons. The monoisotopic (exact) mass is 344 g/mol. The van der Waals surface area contributed by atoms with Crippen LogP contribution in [0.3, 0.4) is 0 Å². The van der Waals surface area contributed by atoms with Crippen LogP contribution in [0.15, 0.2) is 29.2 Å². The molecule has 3 N–H and O–H groups in total. The van der Waals surface area contributed by atoms with Crippen molar-refractivity contribution >= 4 is 27.5 Å². The van der Waals surface area contributed by atoms with E-state index in [1.807, 2.05) is 0 Å². The summed E-state index contributed by atoms with van der Waals surface area (Å²) in [5.41, 5.74) is 6.25. The standard InChI is InChI=1S/C15H21ClN2O3S/c16-9-1-2-11-3-7-13(8-4-11)22(20,21)18-14(10-15(17)19)12-5-6-12/h3-4,7-8,12,14,18H,1-2,5-6,9-10H2,(H2,17,19)/t14-/m0/s1. The zero-order valence-corrected chi connectivity index (χ0v) is 13.9. The predicted octanol–water partition coefficient (Wildman–Crippen LogP) is 1.79. The van der Waals surface area contributed by atoms with E-state index in [1.165, 1.54) is 0 Å². The fraction of sp³-hybridized carbons (Fsp3) is 0.533. The van der Waals surface area contributed by atoms with Gasteiger partial charge in [0.1, 0.15) is 0 Å². The summed E-state index contributed by atoms with van der Waals surface area (Å²) >= 11 is 5.65. The van der Waals surface area contributed by atoms with Gasteiger partial charge in [-0.15, -0.1) is 11.6 Å². The van der Waals surface area contributed by atoms with E-state index in [9.17, 15) is 13.2 Å². The molecular weight excluding hydrogens is 324 g/mol. The first-order valence-electron chi connectivity index (χ1n) is 7.38. The van der Waals surface area contributed by atoms with Crippen molar-refractivity contribution in [2.75, 3.05) is 5.88 Å². The minimum absolute atomic E-state index is 0.0394. The van der Waals surface area contributed by atoms with Gasteiger partial charge < -0.3 is 5.73 Å². The van der Waals surface area contributed by atoms with Crippen molar-refractivity contribution in [2.45, 2.75) is 43.0 Å². The number of primary amides is 1. The molecule has 0 spiro atoms. The molecule has 1 aromatic carbocycles. The highest BCUT2D eigenvalue weighted by molar-refractivity contribution is 7.89. The molecule has 1 aliphatic rings. The minimum atomic E-state index is -3.63. The molecule has 1 amide bonds. The lowest BCUT2D eigenvalue weighted by Crippen LogP contribution is -2.39. The number of hydrogen-bond acceptors (Lipinski definition) is 3. The quantitative estimate of drug-likeness (QED) is 0.669. The first kappa shape index (κ1) is 17.2. The number of aryl methyl sites for hydroxylation is 1. The molecule has 5 nitrogen and oxygen atoms in total. The van der Waals surface area contributed by atoms with Crippen LogP contribution in [0.1, 0.15) is 31.2 Å². The van der Waals surface area contributed by atoms with Crippen molar-refractivity contribution in [1.29, 1.82) is 0 Å². The average Bonchev–Trinajstić information content (AvgIpc) is 3.28. The second kappa shape index (κ2) is 7.44. The molecule has 2 rings (SSSR count). The molecule has 0 unspecified atom stereocenters. The summed E-state index contributed by atoms with van der Waals surface area (Å²) in [4.78, 5) is 11.3. The summed E-state index contributed by atoms with van der Waals surface area (Å²) in [6, 6.07) is 6.35. The molecule has 0 aromatic heterocycles. The van der Waals surface area contributed by atoms with Crippen LogP contribution in [-0.2, 0) is 21.2 Å². The van der Waals surface area contributed by atoms with E-state index in [-0.39, 0.29) is 17.2 Å². The lowest BCUT2D eigenvalue weighted by molar-refractivity contribution is -0.118. The molecule has 0 aliphatic heterocycles. The molecule has 1 aliphatic carbocycles. The van der Waals surface area contributed by atoms with Gasteiger partial charge in [0.15, 0.2) is 0 Å². The van der Waals surface area contributed by atoms with Crippen molar-refractivity contribution < 1.29 is 13.2 Å². The Morgan fingerprint density at radius 3 is 2.45 bits per heavy atom. The highest BCUT2D eigenvalue weighted by atomic mass is 35.5. The van der Waals surface area contributed by atoms with Gasteiger partial charge in [-0.05, 0) is 49.3 Å². The van der Waals surface area contributed by atoms with E-state index >= 15 is 0 Å². The summed E-state index contributed by atoms with van der Waals surface area (Å²) in [5, 5.41) is 0. The van der Waals surface area contributed by atoms with E-state index in [1.54, 1.807) is 24.3 Å². The van der Waals surface area contributed by atoms with Crippen LogP contribution < -0.4 is 10.5 Å². The highest BCUT2D eigenvalue weighted by Gasteiger charge is 2.35. The second-order valence-corrected chi connectivity index (χ2v) is 7.76. The summed E-state index contributed by atoms with van der Waals surface area (Å²) in [5.74, 6) is 0.305. The average molecular weight is 345 g/mol. The molecular formula is C15H21ClN2O3S. The molecule has 22 heavy (non-hydrogen) atoms. The molecule has 1 saturated carbocycles. The maximum absolute atomic E-state index is 12.4. The number of sulfonamides is 1. The first-order valence-corrected chi connectivity index (χ1v) is 9.39. The number of hydrogen-bond donors (Lipinski definition) is 2. The summed E-state index contributed by atoms with van der Waals surface area (Å²) in [6.45, 7) is 0. The first-order chi connectivity index (χ1) is 10.4. The lowest BCUT2D eigenvalue weighted by Gasteiger charge is -2.17. The van der Waals surface area contributed by atoms with E-state index in [2.05, 4.69) is 4.72 Å². The van der Waals surface area contributed by atoms with Crippen molar-refractivity contribution in [1.82, 2.24) is 4.72 Å². The van der Waals surface area contributed by atoms with E-state index < -0.39 is 22.0 Å². The number of carbonyl (C=O) groups excluding carboxylic acids is 1. The van der Waals surface area contributed by atoms with Gasteiger partial charge >= 0.3 is 0 Å². The van der Waals surface area contributed by atoms with Crippen molar-refractivity contribution in [3.8, 4) is 0 Å². The van der Waals surface area contributed by atoms with E-state index in [4.69, 9.17) is 17.3 Å². The second-order valence-electron chi connectivity index (χ2n) is 5.67. The summed E-state index contributed by atoms with van der Waals surface area (Å²) in [7, 11) is -3.63. The summed E-state index contributed by atoms with van der Waals surface area (Å²) in [6.07, 6.45) is 3.57. The predicted molar refractivity (Wildman–Crippen MR) is 86.1 cm³/mol. The minimum Gasteiger partial charge on any atom is -0.370 e. The van der Waals surface area contributed by atoms with Crippen molar-refractivity contribution in [2.24, 2.45) is 11.7 Å². The van der Waals surface area contributed by atoms with Crippen LogP contribution in [0, 0.1) is 5.92 Å². The Morgan fingerprint density at radius 2 is 1.95 bits per heavy atom. The molecule has 0 saturated heterocycles. The van der Waals surface area contributed by atoms with Crippen molar-refractivity contribution in [3.63, 3.8) is 0 Å². The number of amides is 1. The fourth-order valence-electron chi connectivity index (χ4n) is 2.39. The Labute approximate surface area is 136 Å². The van der Waals surface area contributed by atoms with Crippen LogP contribution in [-0.4, -0.2) is 26.2 Å². The van der Waals surface area contributed by atoms with Crippen molar-refractivity contribution in [3.05, 3.63) is 29.8 Å². The largest absolute Gasteiger partial charge is 0.370 e. The Bertz CT molecular complexity index is 612. The third kappa shape index (κ3) is 4.97. The third-order valence-electron chi connectivity index (χ3n) is 3.75. The van der Waals surface area contributed by atoms with Gasteiger partial charge in [0, 0.05) is 18.3 Å². The third-order valence-corrected chi connectivity index (χ3v) is 5.52. The van der Waals surface area contributed by atoms with Crippen LogP contribution in [0.25, 0.3) is 0 Å². The van der Waals surface area contributed by atoms with Gasteiger partial charge in [-0.2, -0.15) is 0 Å². The van der Waals surface area contributed by atoms with Gasteiger partial charge in [0.05, 0.1) is 4.90 Å². The van der Waals surface area contributed by atoms with E-state index in [0.29, 0.717) is 5.88 Å². The Morgan fingerprint density at radius 1 is 1.32 bits per heavy atom. The summed E-state index contributed by atoms with van der Waals surface area (Å²) < 4.78 is 27.4. The van der Waals surface area contributed by atoms with Gasteiger partial charge in [-0.3, -0.25) is 4.79 Å². The number of halogens is 1. The van der Waals surface area contributed by atoms with Gasteiger partial charge in [-0.25, -0.2) is 13.1 Å². The smallest absolute Gasteiger partial charge is 0.240 e.